The van der Waals surface area contributed by atoms with Gasteiger partial charge in [0, 0.05) is 32.6 Å². The molecule has 0 saturated carbocycles. The van der Waals surface area contributed by atoms with Crippen molar-refractivity contribution in [3.05, 3.63) is 41.8 Å². The maximum Gasteiger partial charge on any atom is 0.260 e. The molecule has 3 rings (SSSR count). The first kappa shape index (κ1) is 18.3. The van der Waals surface area contributed by atoms with Crippen LogP contribution in [0.3, 0.4) is 0 Å². The molecular weight excluding hydrogens is 339 g/mol. The van der Waals surface area contributed by atoms with Gasteiger partial charge < -0.3 is 14.2 Å². The zero-order valence-electron chi connectivity index (χ0n) is 15.0. The Hall–Kier alpha value is -2.48. The molecule has 1 atom stereocenters. The molecule has 1 aromatic heterocycles. The lowest BCUT2D eigenvalue weighted by Crippen LogP contribution is -2.50. The second-order valence-corrected chi connectivity index (χ2v) is 6.24. The average Bonchev–Trinajstić information content (AvgIpc) is 3.16. The van der Waals surface area contributed by atoms with E-state index in [9.17, 15) is 9.18 Å². The lowest BCUT2D eigenvalue weighted by molar-refractivity contribution is -0.135. The molecule has 1 aliphatic rings. The van der Waals surface area contributed by atoms with E-state index < -0.39 is 0 Å². The van der Waals surface area contributed by atoms with Crippen LogP contribution in [-0.2, 0) is 11.2 Å². The Morgan fingerprint density at radius 3 is 2.58 bits per heavy atom. The van der Waals surface area contributed by atoms with Gasteiger partial charge in [0.15, 0.2) is 12.4 Å². The Bertz CT molecular complexity index is 726. The lowest BCUT2D eigenvalue weighted by atomic mass is 10.2. The Morgan fingerprint density at radius 2 is 1.96 bits per heavy atom. The van der Waals surface area contributed by atoms with E-state index in [4.69, 9.17) is 9.26 Å². The van der Waals surface area contributed by atoms with Crippen LogP contribution in [0, 0.1) is 5.82 Å². The van der Waals surface area contributed by atoms with Crippen molar-refractivity contribution in [1.82, 2.24) is 19.9 Å². The van der Waals surface area contributed by atoms with E-state index in [2.05, 4.69) is 15.0 Å². The standard InChI is InChI=1S/C18H23FN4O3/c1-3-16-20-18(26-21-16)13(2)22-8-10-23(11-9-22)17(24)12-25-15-6-4-14(19)5-7-15/h4-7,13H,3,8-12H2,1-2H3. The van der Waals surface area contributed by atoms with E-state index in [0.29, 0.717) is 30.6 Å². The van der Waals surface area contributed by atoms with Crippen LogP contribution in [0.4, 0.5) is 4.39 Å². The van der Waals surface area contributed by atoms with Crippen molar-refractivity contribution in [2.45, 2.75) is 26.3 Å². The fourth-order valence-corrected chi connectivity index (χ4v) is 2.86. The van der Waals surface area contributed by atoms with Crippen molar-refractivity contribution in [1.29, 1.82) is 0 Å². The van der Waals surface area contributed by atoms with Crippen molar-refractivity contribution in [2.24, 2.45) is 0 Å². The Morgan fingerprint density at radius 1 is 1.27 bits per heavy atom. The fourth-order valence-electron chi connectivity index (χ4n) is 2.86. The van der Waals surface area contributed by atoms with E-state index >= 15 is 0 Å². The van der Waals surface area contributed by atoms with Gasteiger partial charge in [0.05, 0.1) is 6.04 Å². The Balaban J connectivity index is 1.46. The summed E-state index contributed by atoms with van der Waals surface area (Å²) in [5.74, 6) is 1.39. The van der Waals surface area contributed by atoms with Crippen molar-refractivity contribution in [2.75, 3.05) is 32.8 Å². The molecule has 1 saturated heterocycles. The second-order valence-electron chi connectivity index (χ2n) is 6.24. The van der Waals surface area contributed by atoms with Gasteiger partial charge in [-0.15, -0.1) is 0 Å². The number of ether oxygens (including phenoxy) is 1. The minimum atomic E-state index is -0.332. The maximum absolute atomic E-state index is 12.9. The molecule has 1 unspecified atom stereocenters. The molecule has 2 aromatic rings. The van der Waals surface area contributed by atoms with Gasteiger partial charge in [-0.2, -0.15) is 4.98 Å². The number of aryl methyl sites for hydroxylation is 1. The van der Waals surface area contributed by atoms with E-state index in [1.165, 1.54) is 24.3 Å². The highest BCUT2D eigenvalue weighted by atomic mass is 19.1. The SMILES string of the molecule is CCc1noc(C(C)N2CCN(C(=O)COc3ccc(F)cc3)CC2)n1. The van der Waals surface area contributed by atoms with Crippen molar-refractivity contribution >= 4 is 5.91 Å². The van der Waals surface area contributed by atoms with Gasteiger partial charge in [-0.25, -0.2) is 4.39 Å². The second kappa shape index (κ2) is 8.27. The van der Waals surface area contributed by atoms with Gasteiger partial charge in [-0.1, -0.05) is 12.1 Å². The number of carbonyl (C=O) groups excluding carboxylic acids is 1. The molecule has 0 aliphatic carbocycles. The smallest absolute Gasteiger partial charge is 0.260 e. The molecule has 140 valence electrons. The van der Waals surface area contributed by atoms with Gasteiger partial charge in [0.2, 0.25) is 5.89 Å². The Labute approximate surface area is 151 Å². The van der Waals surface area contributed by atoms with Crippen LogP contribution in [0.1, 0.15) is 31.6 Å². The average molecular weight is 362 g/mol. The van der Waals surface area contributed by atoms with Crippen LogP contribution >= 0.6 is 0 Å². The molecule has 26 heavy (non-hydrogen) atoms. The quantitative estimate of drug-likeness (QED) is 0.783. The summed E-state index contributed by atoms with van der Waals surface area (Å²) in [5.41, 5.74) is 0. The van der Waals surface area contributed by atoms with E-state index in [1.54, 1.807) is 4.90 Å². The first-order chi connectivity index (χ1) is 12.6. The zero-order chi connectivity index (χ0) is 18.5. The summed E-state index contributed by atoms with van der Waals surface area (Å²) < 4.78 is 23.6. The predicted octanol–water partition coefficient (Wildman–Crippen LogP) is 2.06. The summed E-state index contributed by atoms with van der Waals surface area (Å²) in [6, 6.07) is 5.66. The molecule has 2 heterocycles. The van der Waals surface area contributed by atoms with Crippen LogP contribution < -0.4 is 4.74 Å². The fraction of sp³-hybridized carbons (Fsp3) is 0.500. The lowest BCUT2D eigenvalue weighted by Gasteiger charge is -2.36. The summed E-state index contributed by atoms with van der Waals surface area (Å²) in [6.45, 7) is 6.65. The number of carbonyl (C=O) groups is 1. The first-order valence-corrected chi connectivity index (χ1v) is 8.79. The number of amides is 1. The zero-order valence-corrected chi connectivity index (χ0v) is 15.0. The highest BCUT2D eigenvalue weighted by molar-refractivity contribution is 5.77. The number of rotatable bonds is 6. The highest BCUT2D eigenvalue weighted by Crippen LogP contribution is 2.20. The van der Waals surface area contributed by atoms with Crippen LogP contribution in [0.15, 0.2) is 28.8 Å². The molecule has 8 heteroatoms. The van der Waals surface area contributed by atoms with Gasteiger partial charge in [-0.05, 0) is 31.2 Å². The van der Waals surface area contributed by atoms with Gasteiger partial charge >= 0.3 is 0 Å². The van der Waals surface area contributed by atoms with Crippen LogP contribution in [0.2, 0.25) is 0 Å². The third kappa shape index (κ3) is 4.37. The summed E-state index contributed by atoms with van der Waals surface area (Å²) in [7, 11) is 0. The number of benzene rings is 1. The molecule has 1 fully saturated rings. The minimum Gasteiger partial charge on any atom is -0.484 e. The van der Waals surface area contributed by atoms with Crippen LogP contribution in [0.5, 0.6) is 5.75 Å². The third-order valence-corrected chi connectivity index (χ3v) is 4.55. The largest absolute Gasteiger partial charge is 0.484 e. The van der Waals surface area contributed by atoms with Crippen molar-refractivity contribution in [3.63, 3.8) is 0 Å². The number of aromatic nitrogens is 2. The molecule has 1 aliphatic heterocycles. The number of piperazine rings is 1. The third-order valence-electron chi connectivity index (χ3n) is 4.55. The van der Waals surface area contributed by atoms with Crippen LogP contribution in [-0.4, -0.2) is 58.6 Å². The molecule has 0 spiro atoms. The number of nitrogens with zero attached hydrogens (tertiary/aromatic N) is 4. The molecule has 1 aromatic carbocycles. The van der Waals surface area contributed by atoms with E-state index in [-0.39, 0.29) is 24.4 Å². The molecule has 0 bridgehead atoms. The molecule has 0 N–H and O–H groups in total. The molecule has 1 amide bonds. The van der Waals surface area contributed by atoms with Crippen molar-refractivity contribution < 1.29 is 18.4 Å². The highest BCUT2D eigenvalue weighted by Gasteiger charge is 2.27. The van der Waals surface area contributed by atoms with Crippen molar-refractivity contribution in [3.8, 4) is 5.75 Å². The molecular formula is C18H23FN4O3. The van der Waals surface area contributed by atoms with E-state index in [0.717, 1.165) is 19.5 Å². The minimum absolute atomic E-state index is 0.0236. The number of halogens is 1. The van der Waals surface area contributed by atoms with Gasteiger partial charge in [0.25, 0.3) is 5.91 Å². The van der Waals surface area contributed by atoms with Crippen LogP contribution in [0.25, 0.3) is 0 Å². The monoisotopic (exact) mass is 362 g/mol. The predicted molar refractivity (Wildman–Crippen MR) is 92.1 cm³/mol. The normalized spacial score (nSPS) is 16.5. The Kier molecular flexibility index (Phi) is 5.82. The summed E-state index contributed by atoms with van der Waals surface area (Å²) in [5, 5.41) is 3.94. The summed E-state index contributed by atoms with van der Waals surface area (Å²) in [4.78, 5) is 20.7. The molecule has 7 nitrogen and oxygen atoms in total. The first-order valence-electron chi connectivity index (χ1n) is 8.79. The summed E-state index contributed by atoms with van der Waals surface area (Å²) in [6.07, 6.45) is 0.743. The maximum atomic E-state index is 12.9. The topological polar surface area (TPSA) is 71.7 Å². The van der Waals surface area contributed by atoms with Gasteiger partial charge in [-0.3, -0.25) is 9.69 Å². The number of hydrogen-bond donors (Lipinski definition) is 0. The van der Waals surface area contributed by atoms with E-state index in [1.807, 2.05) is 13.8 Å². The number of hydrogen-bond acceptors (Lipinski definition) is 6. The van der Waals surface area contributed by atoms with Gasteiger partial charge in [0.1, 0.15) is 11.6 Å². The molecule has 0 radical (unpaired) electrons. The summed E-state index contributed by atoms with van der Waals surface area (Å²) >= 11 is 0.